The summed E-state index contributed by atoms with van der Waals surface area (Å²) in [6.45, 7) is 8.80. The SMILES string of the molecule is CCC(C)C(C)NCCCCCN. The van der Waals surface area contributed by atoms with Crippen LogP contribution < -0.4 is 11.1 Å². The molecule has 0 bridgehead atoms. The molecule has 80 valence electrons. The summed E-state index contributed by atoms with van der Waals surface area (Å²) in [7, 11) is 0. The van der Waals surface area contributed by atoms with Crippen LogP contribution in [0.25, 0.3) is 0 Å². The maximum Gasteiger partial charge on any atom is 0.00642 e. The number of hydrogen-bond donors (Lipinski definition) is 2. The molecule has 0 amide bonds. The molecule has 13 heavy (non-hydrogen) atoms. The maximum absolute atomic E-state index is 5.42. The zero-order valence-corrected chi connectivity index (χ0v) is 9.47. The average molecular weight is 186 g/mol. The standard InChI is InChI=1S/C11H26N2/c1-4-10(2)11(3)13-9-7-5-6-8-12/h10-11,13H,4-9,12H2,1-3H3. The molecule has 2 atom stereocenters. The quantitative estimate of drug-likeness (QED) is 0.570. The molecule has 3 N–H and O–H groups in total. The predicted octanol–water partition coefficient (Wildman–Crippen LogP) is 2.14. The van der Waals surface area contributed by atoms with E-state index in [4.69, 9.17) is 5.73 Å². The minimum Gasteiger partial charge on any atom is -0.330 e. The van der Waals surface area contributed by atoms with Crippen LogP contribution in [0.4, 0.5) is 0 Å². The molecule has 2 nitrogen and oxygen atoms in total. The summed E-state index contributed by atoms with van der Waals surface area (Å²) in [5.74, 6) is 0.787. The van der Waals surface area contributed by atoms with Crippen molar-refractivity contribution < 1.29 is 0 Å². The molecule has 0 aliphatic rings. The first-order valence-electron chi connectivity index (χ1n) is 5.65. The lowest BCUT2D eigenvalue weighted by Crippen LogP contribution is -2.32. The second kappa shape index (κ2) is 8.52. The molecule has 0 fully saturated rings. The number of rotatable bonds is 8. The van der Waals surface area contributed by atoms with E-state index in [1.165, 1.54) is 25.7 Å². The summed E-state index contributed by atoms with van der Waals surface area (Å²) in [5.41, 5.74) is 5.42. The molecule has 2 heteroatoms. The number of nitrogens with two attached hydrogens (primary N) is 1. The number of unbranched alkanes of at least 4 members (excludes halogenated alkanes) is 2. The van der Waals surface area contributed by atoms with E-state index in [9.17, 15) is 0 Å². The molecule has 0 rings (SSSR count). The molecule has 0 saturated heterocycles. The molecule has 0 radical (unpaired) electrons. The Morgan fingerprint density at radius 3 is 2.38 bits per heavy atom. The van der Waals surface area contributed by atoms with Crippen molar-refractivity contribution in [2.75, 3.05) is 13.1 Å². The van der Waals surface area contributed by atoms with Gasteiger partial charge in [0.1, 0.15) is 0 Å². The summed E-state index contributed by atoms with van der Waals surface area (Å²) in [5, 5.41) is 3.55. The van der Waals surface area contributed by atoms with Crippen molar-refractivity contribution in [1.82, 2.24) is 5.32 Å². The van der Waals surface area contributed by atoms with Crippen molar-refractivity contribution >= 4 is 0 Å². The average Bonchev–Trinajstić information content (AvgIpc) is 2.16. The molecule has 0 aliphatic carbocycles. The smallest absolute Gasteiger partial charge is 0.00642 e. The Balaban J connectivity index is 3.21. The van der Waals surface area contributed by atoms with Gasteiger partial charge in [-0.3, -0.25) is 0 Å². The van der Waals surface area contributed by atoms with Crippen LogP contribution in [-0.4, -0.2) is 19.1 Å². The van der Waals surface area contributed by atoms with Gasteiger partial charge in [0.2, 0.25) is 0 Å². The van der Waals surface area contributed by atoms with Crippen molar-refractivity contribution in [3.05, 3.63) is 0 Å². The van der Waals surface area contributed by atoms with E-state index in [1.54, 1.807) is 0 Å². The van der Waals surface area contributed by atoms with Gasteiger partial charge in [-0.05, 0) is 38.8 Å². The fraction of sp³-hybridized carbons (Fsp3) is 1.00. The van der Waals surface area contributed by atoms with Crippen LogP contribution in [0, 0.1) is 5.92 Å². The molecule has 0 aliphatic heterocycles. The van der Waals surface area contributed by atoms with Crippen LogP contribution in [-0.2, 0) is 0 Å². The Bertz CT molecular complexity index is 104. The maximum atomic E-state index is 5.42. The minimum atomic E-state index is 0.655. The fourth-order valence-electron chi connectivity index (χ4n) is 1.33. The van der Waals surface area contributed by atoms with Crippen molar-refractivity contribution in [3.63, 3.8) is 0 Å². The third-order valence-corrected chi connectivity index (χ3v) is 2.84. The highest BCUT2D eigenvalue weighted by atomic mass is 14.9. The zero-order valence-electron chi connectivity index (χ0n) is 9.47. The van der Waals surface area contributed by atoms with Gasteiger partial charge in [0.15, 0.2) is 0 Å². The van der Waals surface area contributed by atoms with Crippen molar-refractivity contribution in [1.29, 1.82) is 0 Å². The largest absolute Gasteiger partial charge is 0.330 e. The van der Waals surface area contributed by atoms with Crippen LogP contribution in [0.1, 0.15) is 46.5 Å². The molecule has 0 saturated carbocycles. The van der Waals surface area contributed by atoms with Gasteiger partial charge < -0.3 is 11.1 Å². The van der Waals surface area contributed by atoms with Gasteiger partial charge in [0.25, 0.3) is 0 Å². The molecular formula is C11H26N2. The highest BCUT2D eigenvalue weighted by molar-refractivity contribution is 4.66. The van der Waals surface area contributed by atoms with Gasteiger partial charge in [-0.15, -0.1) is 0 Å². The normalized spacial score (nSPS) is 15.7. The first-order valence-corrected chi connectivity index (χ1v) is 5.65. The summed E-state index contributed by atoms with van der Waals surface area (Å²) < 4.78 is 0. The van der Waals surface area contributed by atoms with E-state index in [0.717, 1.165) is 19.0 Å². The zero-order chi connectivity index (χ0) is 10.1. The Morgan fingerprint density at radius 1 is 1.15 bits per heavy atom. The lowest BCUT2D eigenvalue weighted by Gasteiger charge is -2.19. The van der Waals surface area contributed by atoms with Crippen LogP contribution >= 0.6 is 0 Å². The Kier molecular flexibility index (Phi) is 8.46. The monoisotopic (exact) mass is 186 g/mol. The first kappa shape index (κ1) is 12.9. The van der Waals surface area contributed by atoms with E-state index < -0.39 is 0 Å². The molecule has 0 aromatic heterocycles. The first-order chi connectivity index (χ1) is 6.22. The molecular weight excluding hydrogens is 160 g/mol. The van der Waals surface area contributed by atoms with Crippen LogP contribution in [0.2, 0.25) is 0 Å². The van der Waals surface area contributed by atoms with E-state index in [-0.39, 0.29) is 0 Å². The molecule has 0 aromatic rings. The van der Waals surface area contributed by atoms with Crippen LogP contribution in [0.3, 0.4) is 0 Å². The second-order valence-electron chi connectivity index (χ2n) is 3.98. The Hall–Kier alpha value is -0.0800. The lowest BCUT2D eigenvalue weighted by molar-refractivity contribution is 0.386. The number of hydrogen-bond acceptors (Lipinski definition) is 2. The van der Waals surface area contributed by atoms with Crippen molar-refractivity contribution in [2.45, 2.75) is 52.5 Å². The molecule has 2 unspecified atom stereocenters. The van der Waals surface area contributed by atoms with Gasteiger partial charge in [0.05, 0.1) is 0 Å². The predicted molar refractivity (Wildman–Crippen MR) is 59.8 cm³/mol. The van der Waals surface area contributed by atoms with Gasteiger partial charge in [-0.25, -0.2) is 0 Å². The third kappa shape index (κ3) is 7.03. The Labute approximate surface area is 83.3 Å². The molecule has 0 spiro atoms. The van der Waals surface area contributed by atoms with Crippen molar-refractivity contribution in [2.24, 2.45) is 11.7 Å². The Morgan fingerprint density at radius 2 is 1.85 bits per heavy atom. The van der Waals surface area contributed by atoms with E-state index >= 15 is 0 Å². The minimum absolute atomic E-state index is 0.655. The molecule has 0 heterocycles. The molecule has 0 aromatic carbocycles. The highest BCUT2D eigenvalue weighted by Gasteiger charge is 2.07. The van der Waals surface area contributed by atoms with E-state index in [1.807, 2.05) is 0 Å². The summed E-state index contributed by atoms with van der Waals surface area (Å²) in [6.07, 6.45) is 4.95. The second-order valence-corrected chi connectivity index (χ2v) is 3.98. The van der Waals surface area contributed by atoms with E-state index in [0.29, 0.717) is 6.04 Å². The summed E-state index contributed by atoms with van der Waals surface area (Å²) in [4.78, 5) is 0. The topological polar surface area (TPSA) is 38.0 Å². The van der Waals surface area contributed by atoms with Gasteiger partial charge >= 0.3 is 0 Å². The van der Waals surface area contributed by atoms with Gasteiger partial charge in [0, 0.05) is 6.04 Å². The third-order valence-electron chi connectivity index (χ3n) is 2.84. The number of nitrogens with one attached hydrogen (secondary N) is 1. The van der Waals surface area contributed by atoms with Crippen LogP contribution in [0.5, 0.6) is 0 Å². The van der Waals surface area contributed by atoms with E-state index in [2.05, 4.69) is 26.1 Å². The van der Waals surface area contributed by atoms with Crippen LogP contribution in [0.15, 0.2) is 0 Å². The summed E-state index contributed by atoms with van der Waals surface area (Å²) >= 11 is 0. The van der Waals surface area contributed by atoms with Gasteiger partial charge in [-0.2, -0.15) is 0 Å². The van der Waals surface area contributed by atoms with Gasteiger partial charge in [-0.1, -0.05) is 26.7 Å². The lowest BCUT2D eigenvalue weighted by atomic mass is 10.0. The highest BCUT2D eigenvalue weighted by Crippen LogP contribution is 2.06. The van der Waals surface area contributed by atoms with Crippen molar-refractivity contribution in [3.8, 4) is 0 Å². The summed E-state index contributed by atoms with van der Waals surface area (Å²) in [6, 6.07) is 0.655. The fourth-order valence-corrected chi connectivity index (χ4v) is 1.33.